The number of rotatable bonds is 6. The van der Waals surface area contributed by atoms with Crippen molar-refractivity contribution in [2.45, 2.75) is 34.1 Å². The Morgan fingerprint density at radius 2 is 1.13 bits per heavy atom. The molecule has 0 aliphatic rings. The van der Waals surface area contributed by atoms with Crippen molar-refractivity contribution in [2.24, 2.45) is 0 Å². The van der Waals surface area contributed by atoms with Gasteiger partial charge in [-0.1, -0.05) is 23.3 Å². The monoisotopic (exact) mass is 418 g/mol. The Balaban J connectivity index is 1.98. The standard InChI is InChI=1S/C25H26N2O4/c1-5-26-24-18(22(28)16-11-14(3)7-9-20(16)30-24)13-19-23(29)17-12-15(4)8-10-21(17)31-25(19)27-6-2/h7-12,26-27H,5-6,13H2,1-4H3. The van der Waals surface area contributed by atoms with Gasteiger partial charge in [0.25, 0.3) is 0 Å². The summed E-state index contributed by atoms with van der Waals surface area (Å²) in [6.07, 6.45) is 0.100. The first-order chi connectivity index (χ1) is 14.9. The summed E-state index contributed by atoms with van der Waals surface area (Å²) >= 11 is 0. The average molecular weight is 418 g/mol. The van der Waals surface area contributed by atoms with E-state index in [1.807, 2.05) is 52.0 Å². The van der Waals surface area contributed by atoms with Crippen molar-refractivity contribution in [1.82, 2.24) is 0 Å². The molecule has 0 bridgehead atoms. The molecule has 6 heteroatoms. The number of aryl methyl sites for hydroxylation is 2. The van der Waals surface area contributed by atoms with Crippen LogP contribution < -0.4 is 21.5 Å². The van der Waals surface area contributed by atoms with Crippen LogP contribution in [-0.2, 0) is 6.42 Å². The lowest BCUT2D eigenvalue weighted by Crippen LogP contribution is -2.20. The van der Waals surface area contributed by atoms with E-state index < -0.39 is 0 Å². The molecule has 6 nitrogen and oxygen atoms in total. The minimum Gasteiger partial charge on any atom is -0.440 e. The predicted molar refractivity (Wildman–Crippen MR) is 126 cm³/mol. The minimum atomic E-state index is -0.146. The van der Waals surface area contributed by atoms with E-state index in [1.165, 1.54) is 0 Å². The van der Waals surface area contributed by atoms with Crippen molar-refractivity contribution in [3.63, 3.8) is 0 Å². The molecule has 31 heavy (non-hydrogen) atoms. The van der Waals surface area contributed by atoms with Crippen LogP contribution in [0.2, 0.25) is 0 Å². The summed E-state index contributed by atoms with van der Waals surface area (Å²) in [4.78, 5) is 26.9. The third-order valence-electron chi connectivity index (χ3n) is 5.31. The summed E-state index contributed by atoms with van der Waals surface area (Å²) in [5.74, 6) is 0.769. The van der Waals surface area contributed by atoms with Crippen LogP contribution in [0.25, 0.3) is 21.9 Å². The van der Waals surface area contributed by atoms with E-state index in [9.17, 15) is 9.59 Å². The van der Waals surface area contributed by atoms with Crippen LogP contribution >= 0.6 is 0 Å². The van der Waals surface area contributed by atoms with Crippen molar-refractivity contribution < 1.29 is 8.83 Å². The van der Waals surface area contributed by atoms with Crippen LogP contribution in [0.3, 0.4) is 0 Å². The average Bonchev–Trinajstić information content (AvgIpc) is 2.74. The van der Waals surface area contributed by atoms with E-state index >= 15 is 0 Å². The first-order valence-electron chi connectivity index (χ1n) is 10.5. The van der Waals surface area contributed by atoms with Crippen LogP contribution in [0.1, 0.15) is 36.1 Å². The van der Waals surface area contributed by atoms with E-state index in [0.29, 0.717) is 57.9 Å². The lowest BCUT2D eigenvalue weighted by atomic mass is 10.0. The zero-order valence-corrected chi connectivity index (χ0v) is 18.2. The smallest absolute Gasteiger partial charge is 0.200 e. The molecular formula is C25H26N2O4. The summed E-state index contributed by atoms with van der Waals surface area (Å²) in [6.45, 7) is 8.89. The number of hydrogen-bond donors (Lipinski definition) is 2. The van der Waals surface area contributed by atoms with E-state index in [0.717, 1.165) is 11.1 Å². The normalized spacial score (nSPS) is 11.2. The van der Waals surface area contributed by atoms with Gasteiger partial charge in [-0.15, -0.1) is 0 Å². The molecule has 0 amide bonds. The van der Waals surface area contributed by atoms with E-state index in [-0.39, 0.29) is 17.3 Å². The molecule has 0 aliphatic heterocycles. The molecule has 160 valence electrons. The molecule has 2 aromatic carbocycles. The summed E-state index contributed by atoms with van der Waals surface area (Å²) in [7, 11) is 0. The Bertz CT molecular complexity index is 1290. The second-order valence-electron chi connectivity index (χ2n) is 7.71. The Hall–Kier alpha value is -3.54. The molecule has 0 fully saturated rings. The molecule has 0 saturated carbocycles. The SMILES string of the molecule is CCNc1oc2ccc(C)cc2c(=O)c1Cc1c(NCC)oc2ccc(C)cc2c1=O. The van der Waals surface area contributed by atoms with Crippen LogP contribution in [0, 0.1) is 13.8 Å². The number of hydrogen-bond acceptors (Lipinski definition) is 6. The van der Waals surface area contributed by atoms with Crippen LogP contribution in [0.15, 0.2) is 54.8 Å². The Morgan fingerprint density at radius 3 is 1.52 bits per heavy atom. The zero-order chi connectivity index (χ0) is 22.1. The molecule has 2 aromatic heterocycles. The second-order valence-corrected chi connectivity index (χ2v) is 7.71. The van der Waals surface area contributed by atoms with Gasteiger partial charge in [0.1, 0.15) is 11.2 Å². The fraction of sp³-hybridized carbons (Fsp3) is 0.280. The van der Waals surface area contributed by atoms with Crippen molar-refractivity contribution in [2.75, 3.05) is 23.7 Å². The number of nitrogens with one attached hydrogen (secondary N) is 2. The molecule has 0 radical (unpaired) electrons. The highest BCUT2D eigenvalue weighted by Gasteiger charge is 2.21. The number of anilines is 2. The van der Waals surface area contributed by atoms with Crippen molar-refractivity contribution in [3.8, 4) is 0 Å². The van der Waals surface area contributed by atoms with Gasteiger partial charge >= 0.3 is 0 Å². The largest absolute Gasteiger partial charge is 0.440 e. The van der Waals surface area contributed by atoms with E-state index in [2.05, 4.69) is 10.6 Å². The quantitative estimate of drug-likeness (QED) is 0.460. The Morgan fingerprint density at radius 1 is 0.710 bits per heavy atom. The zero-order valence-electron chi connectivity index (χ0n) is 18.2. The molecule has 4 aromatic rings. The number of fused-ring (bicyclic) bond motifs is 2. The maximum Gasteiger partial charge on any atom is 0.200 e. The summed E-state index contributed by atoms with van der Waals surface area (Å²) in [5, 5.41) is 7.29. The first-order valence-corrected chi connectivity index (χ1v) is 10.5. The molecular weight excluding hydrogens is 392 g/mol. The van der Waals surface area contributed by atoms with Crippen LogP contribution in [-0.4, -0.2) is 13.1 Å². The summed E-state index contributed by atoms with van der Waals surface area (Å²) in [6, 6.07) is 11.0. The maximum atomic E-state index is 13.4. The Kier molecular flexibility index (Phi) is 5.55. The lowest BCUT2D eigenvalue weighted by molar-refractivity contribution is 0.601. The van der Waals surface area contributed by atoms with Gasteiger partial charge in [0.2, 0.25) is 11.8 Å². The molecule has 0 unspecified atom stereocenters. The molecule has 0 saturated heterocycles. The van der Waals surface area contributed by atoms with Gasteiger partial charge in [-0.05, 0) is 52.0 Å². The molecule has 2 heterocycles. The topological polar surface area (TPSA) is 84.5 Å². The van der Waals surface area contributed by atoms with Gasteiger partial charge in [0.05, 0.1) is 21.9 Å². The molecule has 0 atom stereocenters. The lowest BCUT2D eigenvalue weighted by Gasteiger charge is -2.14. The van der Waals surface area contributed by atoms with Gasteiger partial charge in [-0.2, -0.15) is 0 Å². The summed E-state index contributed by atoms with van der Waals surface area (Å²) < 4.78 is 12.0. The molecule has 4 rings (SSSR count). The van der Waals surface area contributed by atoms with Gasteiger partial charge in [0.15, 0.2) is 10.9 Å². The number of benzene rings is 2. The first kappa shape index (κ1) is 20.7. The minimum absolute atomic E-state index is 0.100. The molecule has 0 spiro atoms. The highest BCUT2D eigenvalue weighted by molar-refractivity contribution is 5.82. The Labute approximate surface area is 179 Å². The van der Waals surface area contributed by atoms with Gasteiger partial charge in [-0.25, -0.2) is 0 Å². The van der Waals surface area contributed by atoms with E-state index in [1.54, 1.807) is 12.1 Å². The summed E-state index contributed by atoms with van der Waals surface area (Å²) in [5.41, 5.74) is 3.51. The maximum absolute atomic E-state index is 13.4. The van der Waals surface area contributed by atoms with Gasteiger partial charge < -0.3 is 19.5 Å². The molecule has 2 N–H and O–H groups in total. The third kappa shape index (κ3) is 3.81. The van der Waals surface area contributed by atoms with Gasteiger partial charge in [0, 0.05) is 19.5 Å². The van der Waals surface area contributed by atoms with Crippen molar-refractivity contribution >= 4 is 33.7 Å². The van der Waals surface area contributed by atoms with Crippen LogP contribution in [0.5, 0.6) is 0 Å². The second kappa shape index (κ2) is 8.30. The predicted octanol–water partition coefficient (Wildman–Crippen LogP) is 4.97. The van der Waals surface area contributed by atoms with Crippen LogP contribution in [0.4, 0.5) is 11.8 Å². The fourth-order valence-corrected chi connectivity index (χ4v) is 3.80. The highest BCUT2D eigenvalue weighted by atomic mass is 16.4. The molecule has 0 aliphatic carbocycles. The third-order valence-corrected chi connectivity index (χ3v) is 5.31. The van der Waals surface area contributed by atoms with Gasteiger partial charge in [-0.3, -0.25) is 9.59 Å². The highest BCUT2D eigenvalue weighted by Crippen LogP contribution is 2.27. The van der Waals surface area contributed by atoms with Crippen molar-refractivity contribution in [3.05, 3.63) is 79.1 Å². The van der Waals surface area contributed by atoms with Crippen molar-refractivity contribution in [1.29, 1.82) is 0 Å². The fourth-order valence-electron chi connectivity index (χ4n) is 3.80. The van der Waals surface area contributed by atoms with E-state index in [4.69, 9.17) is 8.83 Å².